The number of methoxy groups -OCH3 is 1. The lowest BCUT2D eigenvalue weighted by molar-refractivity contribution is -0.0426. The van der Waals surface area contributed by atoms with E-state index in [4.69, 9.17) is 9.57 Å². The van der Waals surface area contributed by atoms with Crippen molar-refractivity contribution in [2.75, 3.05) is 20.8 Å². The SMILES string of the molecule is C.COc1cc(/C=C/C2=NOC(CO)[C@H](c3cc(F)c(F)c(F)c3)N2C)ccc1-n1cnc(C)c1. The van der Waals surface area contributed by atoms with Crippen molar-refractivity contribution in [1.82, 2.24) is 14.5 Å². The van der Waals surface area contributed by atoms with Gasteiger partial charge in [0.2, 0.25) is 0 Å². The smallest absolute Gasteiger partial charge is 0.194 e. The van der Waals surface area contributed by atoms with Gasteiger partial charge in [0.05, 0.1) is 37.5 Å². The molecule has 1 aromatic heterocycles. The molecule has 2 atom stereocenters. The number of imidazole rings is 1. The number of aryl methyl sites for hydroxylation is 1. The van der Waals surface area contributed by atoms with Crippen molar-refractivity contribution in [1.29, 1.82) is 0 Å². The fraction of sp³-hybridized carbons (Fsp3) is 0.280. The summed E-state index contributed by atoms with van der Waals surface area (Å²) in [6.07, 6.45) is 6.11. The highest BCUT2D eigenvalue weighted by atomic mass is 19.2. The highest BCUT2D eigenvalue weighted by Crippen LogP contribution is 2.32. The van der Waals surface area contributed by atoms with Gasteiger partial charge in [0.25, 0.3) is 0 Å². The van der Waals surface area contributed by atoms with Gasteiger partial charge in [-0.05, 0) is 48.4 Å². The van der Waals surface area contributed by atoms with Crippen molar-refractivity contribution in [2.45, 2.75) is 26.5 Å². The van der Waals surface area contributed by atoms with E-state index < -0.39 is 36.2 Å². The number of halogens is 3. The van der Waals surface area contributed by atoms with E-state index in [2.05, 4.69) is 10.1 Å². The van der Waals surface area contributed by atoms with Crippen molar-refractivity contribution < 1.29 is 27.9 Å². The first-order valence-corrected chi connectivity index (χ1v) is 10.4. The maximum Gasteiger partial charge on any atom is 0.194 e. The van der Waals surface area contributed by atoms with Crippen molar-refractivity contribution in [3.05, 3.63) is 83.2 Å². The summed E-state index contributed by atoms with van der Waals surface area (Å²) in [7, 11) is 3.22. The Hall–Kier alpha value is -3.79. The molecule has 1 aliphatic rings. The third-order valence-electron chi connectivity index (χ3n) is 5.56. The number of aliphatic hydroxyl groups is 1. The summed E-state index contributed by atoms with van der Waals surface area (Å²) in [6, 6.07) is 6.58. The molecule has 0 spiro atoms. The van der Waals surface area contributed by atoms with Crippen molar-refractivity contribution in [2.24, 2.45) is 5.16 Å². The van der Waals surface area contributed by atoms with Gasteiger partial charge in [0.1, 0.15) is 5.75 Å². The van der Waals surface area contributed by atoms with Crippen LogP contribution in [0.4, 0.5) is 13.2 Å². The minimum atomic E-state index is -1.55. The number of aromatic nitrogens is 2. The predicted octanol–water partition coefficient (Wildman–Crippen LogP) is 4.63. The van der Waals surface area contributed by atoms with Crippen LogP contribution in [0.1, 0.15) is 30.3 Å². The molecule has 2 aromatic carbocycles. The van der Waals surface area contributed by atoms with Gasteiger partial charge < -0.3 is 24.1 Å². The van der Waals surface area contributed by atoms with Gasteiger partial charge in [-0.3, -0.25) is 0 Å². The average molecular weight is 489 g/mol. The molecule has 2 heterocycles. The Labute approximate surface area is 201 Å². The molecule has 0 fully saturated rings. The van der Waals surface area contributed by atoms with Gasteiger partial charge in [0.15, 0.2) is 29.4 Å². The number of ether oxygens (including phenoxy) is 1. The van der Waals surface area contributed by atoms with Crippen LogP contribution in [0.15, 0.2) is 54.1 Å². The zero-order valence-corrected chi connectivity index (χ0v) is 18.7. The number of likely N-dealkylation sites (N-methyl/N-ethyl adjacent to an activating group) is 1. The number of hydrogen-bond acceptors (Lipinski definition) is 6. The first kappa shape index (κ1) is 25.8. The molecule has 0 saturated carbocycles. The van der Waals surface area contributed by atoms with E-state index in [-0.39, 0.29) is 13.0 Å². The topological polar surface area (TPSA) is 72.1 Å². The first-order chi connectivity index (χ1) is 16.3. The molecule has 0 aliphatic carbocycles. The predicted molar refractivity (Wildman–Crippen MR) is 127 cm³/mol. The van der Waals surface area contributed by atoms with Crippen molar-refractivity contribution >= 4 is 11.9 Å². The molecule has 1 N–H and O–H groups in total. The summed E-state index contributed by atoms with van der Waals surface area (Å²) in [4.78, 5) is 11.2. The van der Waals surface area contributed by atoms with Crippen LogP contribution >= 0.6 is 0 Å². The minimum absolute atomic E-state index is 0. The second-order valence-corrected chi connectivity index (χ2v) is 7.82. The Morgan fingerprint density at radius 3 is 2.46 bits per heavy atom. The van der Waals surface area contributed by atoms with Crippen LogP contribution < -0.4 is 4.74 Å². The van der Waals surface area contributed by atoms with E-state index in [0.29, 0.717) is 11.6 Å². The van der Waals surface area contributed by atoms with Crippen LogP contribution in [0.3, 0.4) is 0 Å². The van der Waals surface area contributed by atoms with Crippen molar-refractivity contribution in [3.8, 4) is 11.4 Å². The summed E-state index contributed by atoms with van der Waals surface area (Å²) < 4.78 is 48.5. The van der Waals surface area contributed by atoms with Gasteiger partial charge in [-0.1, -0.05) is 24.7 Å². The number of benzene rings is 2. The number of aliphatic hydroxyl groups excluding tert-OH is 1. The van der Waals surface area contributed by atoms with Gasteiger partial charge in [-0.15, -0.1) is 0 Å². The maximum absolute atomic E-state index is 13.8. The number of oxime groups is 1. The van der Waals surface area contributed by atoms with Crippen LogP contribution in [0, 0.1) is 24.4 Å². The fourth-order valence-electron chi connectivity index (χ4n) is 3.84. The molecule has 186 valence electrons. The van der Waals surface area contributed by atoms with E-state index in [1.165, 1.54) is 0 Å². The lowest BCUT2D eigenvalue weighted by Gasteiger charge is -2.37. The molecule has 1 aliphatic heterocycles. The maximum atomic E-state index is 13.8. The molecular formula is C25H27F3N4O3. The molecule has 35 heavy (non-hydrogen) atoms. The van der Waals surface area contributed by atoms with Crippen LogP contribution in [-0.4, -0.2) is 52.3 Å². The lowest BCUT2D eigenvalue weighted by atomic mass is 9.99. The Morgan fingerprint density at radius 2 is 1.86 bits per heavy atom. The zero-order chi connectivity index (χ0) is 24.4. The molecule has 0 radical (unpaired) electrons. The molecular weight excluding hydrogens is 461 g/mol. The third-order valence-corrected chi connectivity index (χ3v) is 5.56. The summed E-state index contributed by atoms with van der Waals surface area (Å²) in [5.74, 6) is -3.22. The fourth-order valence-corrected chi connectivity index (χ4v) is 3.84. The lowest BCUT2D eigenvalue weighted by Crippen LogP contribution is -2.43. The summed E-state index contributed by atoms with van der Waals surface area (Å²) in [6.45, 7) is 1.44. The van der Waals surface area contributed by atoms with Crippen LogP contribution in [0.5, 0.6) is 5.75 Å². The van der Waals surface area contributed by atoms with Gasteiger partial charge in [-0.25, -0.2) is 18.2 Å². The first-order valence-electron chi connectivity index (χ1n) is 10.4. The quantitative estimate of drug-likeness (QED) is 0.512. The Bertz CT molecular complexity index is 1240. The summed E-state index contributed by atoms with van der Waals surface area (Å²) in [5.41, 5.74) is 2.61. The Balaban J connectivity index is 0.00000342. The highest BCUT2D eigenvalue weighted by Gasteiger charge is 2.35. The monoisotopic (exact) mass is 488 g/mol. The molecule has 0 amide bonds. The van der Waals surface area contributed by atoms with E-state index in [1.54, 1.807) is 37.5 Å². The van der Waals surface area contributed by atoms with E-state index >= 15 is 0 Å². The standard InChI is InChI=1S/C24H23F3N4O3.CH4/c1-14-11-31(13-28-14)19-6-4-15(8-20(19)33-3)5-7-22-29-34-21(12-32)24(30(22)2)16-9-17(25)23(27)18(26)10-16;/h4-11,13,21,24,32H,12H2,1-3H3;1H4/b7-5+;/t21?,24-;/m0./s1. The van der Waals surface area contributed by atoms with E-state index in [1.807, 2.05) is 35.9 Å². The molecule has 10 heteroatoms. The number of nitrogens with zero attached hydrogens (tertiary/aromatic N) is 4. The molecule has 7 nitrogen and oxygen atoms in total. The second-order valence-electron chi connectivity index (χ2n) is 7.82. The Kier molecular flexibility index (Phi) is 7.85. The summed E-state index contributed by atoms with van der Waals surface area (Å²) in [5, 5.41) is 13.7. The second kappa shape index (κ2) is 10.6. The highest BCUT2D eigenvalue weighted by molar-refractivity contribution is 5.96. The largest absolute Gasteiger partial charge is 0.495 e. The number of amidine groups is 1. The summed E-state index contributed by atoms with van der Waals surface area (Å²) >= 11 is 0. The van der Waals surface area contributed by atoms with Gasteiger partial charge in [0, 0.05) is 13.2 Å². The molecule has 3 aromatic rings. The average Bonchev–Trinajstić information content (AvgIpc) is 3.26. The number of hydrogen-bond donors (Lipinski definition) is 1. The van der Waals surface area contributed by atoms with Crippen molar-refractivity contribution in [3.63, 3.8) is 0 Å². The van der Waals surface area contributed by atoms with Crippen LogP contribution in [0.2, 0.25) is 0 Å². The normalized spacial score (nSPS) is 17.7. The van der Waals surface area contributed by atoms with E-state index in [0.717, 1.165) is 29.1 Å². The van der Waals surface area contributed by atoms with Crippen LogP contribution in [-0.2, 0) is 4.84 Å². The molecule has 0 saturated heterocycles. The zero-order valence-electron chi connectivity index (χ0n) is 18.7. The molecule has 1 unspecified atom stereocenters. The molecule has 0 bridgehead atoms. The van der Waals surface area contributed by atoms with Gasteiger partial charge in [-0.2, -0.15) is 0 Å². The van der Waals surface area contributed by atoms with Crippen LogP contribution in [0.25, 0.3) is 11.8 Å². The number of rotatable bonds is 6. The Morgan fingerprint density at radius 1 is 1.14 bits per heavy atom. The van der Waals surface area contributed by atoms with E-state index in [9.17, 15) is 18.3 Å². The molecule has 4 rings (SSSR count). The minimum Gasteiger partial charge on any atom is -0.495 e. The van der Waals surface area contributed by atoms with Gasteiger partial charge >= 0.3 is 0 Å². The third kappa shape index (κ3) is 5.17.